The number of aryl methyl sites for hydroxylation is 3. The summed E-state index contributed by atoms with van der Waals surface area (Å²) in [6.45, 7) is 8.52. The number of amides is 1. The zero-order valence-corrected chi connectivity index (χ0v) is 20.9. The van der Waals surface area contributed by atoms with Crippen LogP contribution in [0.25, 0.3) is 10.2 Å². The smallest absolute Gasteiger partial charge is 0.263 e. The molecule has 7 heteroatoms. The van der Waals surface area contributed by atoms with Crippen LogP contribution in [0.1, 0.15) is 61.1 Å². The van der Waals surface area contributed by atoms with Gasteiger partial charge in [-0.05, 0) is 51.2 Å². The zero-order valence-electron chi connectivity index (χ0n) is 19.2. The molecule has 1 saturated carbocycles. The Morgan fingerprint density at radius 2 is 1.94 bits per heavy atom. The molecule has 1 atom stereocenters. The number of carbonyl (C=O) groups is 1. The van der Waals surface area contributed by atoms with Gasteiger partial charge in [-0.15, -0.1) is 11.3 Å². The Balaban J connectivity index is 1.70. The standard InChI is InChI=1S/C25H31N3O2S2/c1-5-20-16(3)21-23(32-20)27-25(31-17(4)22(29)26-19-8-6-7-9-19)28(24(21)30)14-18-12-10-15(2)11-13-18/h10-13,17,19H,5-9,14H2,1-4H3,(H,26,29). The topological polar surface area (TPSA) is 64.0 Å². The second-order valence-corrected chi connectivity index (χ2v) is 11.1. The largest absolute Gasteiger partial charge is 0.352 e. The molecule has 2 heterocycles. The Morgan fingerprint density at radius 3 is 2.59 bits per heavy atom. The Kier molecular flexibility index (Phi) is 7.05. The molecule has 0 saturated heterocycles. The van der Waals surface area contributed by atoms with Crippen LogP contribution in [0.4, 0.5) is 0 Å². The Bertz CT molecular complexity index is 1170. The maximum atomic E-state index is 13.6. The van der Waals surface area contributed by atoms with Gasteiger partial charge in [-0.25, -0.2) is 4.98 Å². The highest BCUT2D eigenvalue weighted by molar-refractivity contribution is 8.00. The van der Waals surface area contributed by atoms with Gasteiger partial charge in [0.1, 0.15) is 4.83 Å². The van der Waals surface area contributed by atoms with Crippen LogP contribution < -0.4 is 10.9 Å². The lowest BCUT2D eigenvalue weighted by Crippen LogP contribution is -2.38. The molecule has 2 aromatic heterocycles. The first kappa shape index (κ1) is 23.1. The summed E-state index contributed by atoms with van der Waals surface area (Å²) >= 11 is 2.97. The quantitative estimate of drug-likeness (QED) is 0.380. The summed E-state index contributed by atoms with van der Waals surface area (Å²) < 4.78 is 1.75. The molecule has 0 bridgehead atoms. The van der Waals surface area contributed by atoms with Gasteiger partial charge in [0.2, 0.25) is 5.91 Å². The first-order chi connectivity index (χ1) is 15.4. The monoisotopic (exact) mass is 469 g/mol. The maximum absolute atomic E-state index is 13.6. The van der Waals surface area contributed by atoms with Gasteiger partial charge in [0.05, 0.1) is 17.2 Å². The van der Waals surface area contributed by atoms with E-state index in [0.29, 0.717) is 17.1 Å². The lowest BCUT2D eigenvalue weighted by molar-refractivity contribution is -0.120. The maximum Gasteiger partial charge on any atom is 0.263 e. The molecule has 3 aromatic rings. The first-order valence-corrected chi connectivity index (χ1v) is 13.1. The molecule has 5 nitrogen and oxygen atoms in total. The molecule has 1 unspecified atom stereocenters. The van der Waals surface area contributed by atoms with Crippen molar-refractivity contribution in [1.82, 2.24) is 14.9 Å². The molecule has 1 fully saturated rings. The third-order valence-electron chi connectivity index (χ3n) is 6.25. The normalized spacial score (nSPS) is 15.4. The number of nitrogens with one attached hydrogen (secondary N) is 1. The number of thioether (sulfide) groups is 1. The van der Waals surface area contributed by atoms with Crippen LogP contribution >= 0.6 is 23.1 Å². The molecular weight excluding hydrogens is 438 g/mol. The second kappa shape index (κ2) is 9.79. The summed E-state index contributed by atoms with van der Waals surface area (Å²) in [6, 6.07) is 8.50. The number of fused-ring (bicyclic) bond motifs is 1. The molecule has 1 aliphatic rings. The van der Waals surface area contributed by atoms with Gasteiger partial charge in [0.15, 0.2) is 5.16 Å². The van der Waals surface area contributed by atoms with Crippen molar-refractivity contribution >= 4 is 39.2 Å². The van der Waals surface area contributed by atoms with E-state index in [1.165, 1.54) is 35.0 Å². The summed E-state index contributed by atoms with van der Waals surface area (Å²) in [7, 11) is 0. The SMILES string of the molecule is CCc1sc2nc(SC(C)C(=O)NC3CCCC3)n(Cc3ccc(C)cc3)c(=O)c2c1C. The summed E-state index contributed by atoms with van der Waals surface area (Å²) in [5, 5.41) is 4.18. The Hall–Kier alpha value is -2.12. The number of hydrogen-bond acceptors (Lipinski definition) is 5. The Labute approximate surface area is 197 Å². The lowest BCUT2D eigenvalue weighted by atomic mass is 10.1. The molecule has 1 aromatic carbocycles. The number of rotatable bonds is 7. The van der Waals surface area contributed by atoms with Crippen molar-refractivity contribution in [2.45, 2.75) is 82.8 Å². The predicted molar refractivity (Wildman–Crippen MR) is 134 cm³/mol. The van der Waals surface area contributed by atoms with Crippen LogP contribution in [0, 0.1) is 13.8 Å². The van der Waals surface area contributed by atoms with Crippen molar-refractivity contribution in [1.29, 1.82) is 0 Å². The van der Waals surface area contributed by atoms with E-state index in [4.69, 9.17) is 4.98 Å². The Morgan fingerprint density at radius 1 is 1.25 bits per heavy atom. The molecule has 1 N–H and O–H groups in total. The van der Waals surface area contributed by atoms with Crippen molar-refractivity contribution in [2.24, 2.45) is 0 Å². The summed E-state index contributed by atoms with van der Waals surface area (Å²) in [5.74, 6) is 0.0229. The number of thiophene rings is 1. The fourth-order valence-corrected chi connectivity index (χ4v) is 6.36. The number of hydrogen-bond donors (Lipinski definition) is 1. The number of carbonyl (C=O) groups excluding carboxylic acids is 1. The number of aromatic nitrogens is 2. The van der Waals surface area contributed by atoms with E-state index >= 15 is 0 Å². The third kappa shape index (κ3) is 4.79. The second-order valence-electron chi connectivity index (χ2n) is 8.71. The zero-order chi connectivity index (χ0) is 22.8. The van der Waals surface area contributed by atoms with Crippen LogP contribution in [0.5, 0.6) is 0 Å². The van der Waals surface area contributed by atoms with Gasteiger partial charge in [-0.2, -0.15) is 0 Å². The fraction of sp³-hybridized carbons (Fsp3) is 0.480. The minimum Gasteiger partial charge on any atom is -0.352 e. The van der Waals surface area contributed by atoms with Crippen molar-refractivity contribution < 1.29 is 4.79 Å². The third-order valence-corrected chi connectivity index (χ3v) is 8.67. The van der Waals surface area contributed by atoms with Crippen LogP contribution in [0.3, 0.4) is 0 Å². The predicted octanol–water partition coefficient (Wildman–Crippen LogP) is 5.22. The molecule has 1 amide bonds. The molecule has 32 heavy (non-hydrogen) atoms. The van der Waals surface area contributed by atoms with E-state index in [-0.39, 0.29) is 22.8 Å². The number of nitrogens with zero attached hydrogens (tertiary/aromatic N) is 2. The number of benzene rings is 1. The van der Waals surface area contributed by atoms with E-state index < -0.39 is 0 Å². The van der Waals surface area contributed by atoms with Gasteiger partial charge in [0, 0.05) is 10.9 Å². The molecular formula is C25H31N3O2S2. The molecule has 170 valence electrons. The molecule has 0 aliphatic heterocycles. The van der Waals surface area contributed by atoms with Gasteiger partial charge in [0.25, 0.3) is 5.56 Å². The highest BCUT2D eigenvalue weighted by Crippen LogP contribution is 2.31. The molecule has 4 rings (SSSR count). The average Bonchev–Trinajstić information content (AvgIpc) is 3.39. The van der Waals surface area contributed by atoms with Crippen LogP contribution in [0.15, 0.2) is 34.2 Å². The average molecular weight is 470 g/mol. The lowest BCUT2D eigenvalue weighted by Gasteiger charge is -2.18. The van der Waals surface area contributed by atoms with Crippen LogP contribution in [0.2, 0.25) is 0 Å². The van der Waals surface area contributed by atoms with Crippen molar-refractivity contribution in [3.63, 3.8) is 0 Å². The molecule has 1 aliphatic carbocycles. The summed E-state index contributed by atoms with van der Waals surface area (Å²) in [4.78, 5) is 33.3. The van der Waals surface area contributed by atoms with Gasteiger partial charge >= 0.3 is 0 Å². The van der Waals surface area contributed by atoms with Gasteiger partial charge in [-0.1, -0.05) is 61.4 Å². The van der Waals surface area contributed by atoms with Crippen LogP contribution in [-0.2, 0) is 17.8 Å². The summed E-state index contributed by atoms with van der Waals surface area (Å²) in [6.07, 6.45) is 5.35. The minimum atomic E-state index is -0.323. The van der Waals surface area contributed by atoms with Crippen molar-refractivity contribution in [3.8, 4) is 0 Å². The van der Waals surface area contributed by atoms with E-state index in [9.17, 15) is 9.59 Å². The minimum absolute atomic E-state index is 0.0186. The summed E-state index contributed by atoms with van der Waals surface area (Å²) in [5.41, 5.74) is 3.25. The fourth-order valence-electron chi connectivity index (χ4n) is 4.29. The van der Waals surface area contributed by atoms with E-state index in [0.717, 1.165) is 35.2 Å². The van der Waals surface area contributed by atoms with Gasteiger partial charge in [-0.3, -0.25) is 14.2 Å². The molecule has 0 radical (unpaired) electrons. The van der Waals surface area contributed by atoms with Crippen molar-refractivity contribution in [3.05, 3.63) is 56.2 Å². The van der Waals surface area contributed by atoms with Crippen LogP contribution in [-0.4, -0.2) is 26.8 Å². The van der Waals surface area contributed by atoms with E-state index in [1.54, 1.807) is 15.9 Å². The van der Waals surface area contributed by atoms with Crippen molar-refractivity contribution in [2.75, 3.05) is 0 Å². The highest BCUT2D eigenvalue weighted by Gasteiger charge is 2.24. The molecule has 0 spiro atoms. The van der Waals surface area contributed by atoms with E-state index in [1.807, 2.05) is 13.8 Å². The van der Waals surface area contributed by atoms with Gasteiger partial charge < -0.3 is 5.32 Å². The van der Waals surface area contributed by atoms with E-state index in [2.05, 4.69) is 43.4 Å². The highest BCUT2D eigenvalue weighted by atomic mass is 32.2. The first-order valence-electron chi connectivity index (χ1n) is 11.4.